The fourth-order valence-corrected chi connectivity index (χ4v) is 5.43. The van der Waals surface area contributed by atoms with E-state index < -0.39 is 0 Å². The van der Waals surface area contributed by atoms with Crippen LogP contribution in [0.5, 0.6) is 5.75 Å². The van der Waals surface area contributed by atoms with E-state index in [4.69, 9.17) is 4.74 Å². The number of benzene rings is 2. The summed E-state index contributed by atoms with van der Waals surface area (Å²) in [6.07, 6.45) is 3.24. The van der Waals surface area contributed by atoms with Gasteiger partial charge in [-0.3, -0.25) is 9.69 Å². The van der Waals surface area contributed by atoms with Gasteiger partial charge in [-0.1, -0.05) is 24.3 Å². The Kier molecular flexibility index (Phi) is 6.97. The van der Waals surface area contributed by atoms with Crippen molar-refractivity contribution < 1.29 is 14.6 Å². The topological polar surface area (TPSA) is 53.0 Å². The van der Waals surface area contributed by atoms with Gasteiger partial charge in [-0.25, -0.2) is 0 Å². The van der Waals surface area contributed by atoms with E-state index in [1.807, 2.05) is 53.1 Å². The van der Waals surface area contributed by atoms with Gasteiger partial charge < -0.3 is 14.7 Å². The smallest absolute Gasteiger partial charge is 0.241 e. The highest BCUT2D eigenvalue weighted by atomic mass is 32.2. The maximum absolute atomic E-state index is 13.4. The van der Waals surface area contributed by atoms with Crippen molar-refractivity contribution in [1.82, 2.24) is 4.90 Å². The molecule has 5 nitrogen and oxygen atoms in total. The molecular formula is C24H30N2O3S. The molecule has 0 atom stereocenters. The third-order valence-electron chi connectivity index (χ3n) is 6.07. The molecule has 0 radical (unpaired) electrons. The average Bonchev–Trinajstić information content (AvgIpc) is 2.79. The minimum atomic E-state index is -0.207. The van der Waals surface area contributed by atoms with E-state index in [9.17, 15) is 9.90 Å². The quantitative estimate of drug-likeness (QED) is 0.758. The number of ether oxygens (including phenoxy) is 1. The lowest BCUT2D eigenvalue weighted by Gasteiger charge is -2.37. The minimum Gasteiger partial charge on any atom is -0.497 e. The van der Waals surface area contributed by atoms with E-state index in [1.54, 1.807) is 7.11 Å². The molecule has 1 amide bonds. The normalized spacial score (nSPS) is 21.4. The van der Waals surface area contributed by atoms with Crippen molar-refractivity contribution in [2.75, 3.05) is 30.9 Å². The van der Waals surface area contributed by atoms with Crippen molar-refractivity contribution >= 4 is 23.4 Å². The Balaban J connectivity index is 1.53. The summed E-state index contributed by atoms with van der Waals surface area (Å²) in [5, 5.41) is 9.95. The van der Waals surface area contributed by atoms with Gasteiger partial charge in [0.05, 0.1) is 25.4 Å². The molecule has 0 bridgehead atoms. The molecule has 0 saturated heterocycles. The zero-order chi connectivity index (χ0) is 20.9. The molecule has 1 fully saturated rings. The van der Waals surface area contributed by atoms with Crippen LogP contribution in [0.4, 0.5) is 5.69 Å². The summed E-state index contributed by atoms with van der Waals surface area (Å²) in [4.78, 5) is 18.8. The number of carbonyl (C=O) groups is 1. The maximum Gasteiger partial charge on any atom is 0.241 e. The van der Waals surface area contributed by atoms with Crippen LogP contribution in [0, 0.1) is 0 Å². The first kappa shape index (κ1) is 21.2. The summed E-state index contributed by atoms with van der Waals surface area (Å²) in [5.74, 6) is 1.91. The molecule has 4 rings (SSSR count). The van der Waals surface area contributed by atoms with Gasteiger partial charge in [0.25, 0.3) is 0 Å². The molecule has 1 saturated carbocycles. The van der Waals surface area contributed by atoms with Gasteiger partial charge in [0, 0.05) is 29.8 Å². The molecule has 2 aromatic rings. The molecule has 1 heterocycles. The number of methoxy groups -OCH3 is 1. The van der Waals surface area contributed by atoms with Gasteiger partial charge >= 0.3 is 0 Å². The number of fused-ring (bicyclic) bond motifs is 1. The molecule has 6 heteroatoms. The molecular weight excluding hydrogens is 396 g/mol. The van der Waals surface area contributed by atoms with E-state index >= 15 is 0 Å². The molecule has 0 unspecified atom stereocenters. The lowest BCUT2D eigenvalue weighted by molar-refractivity contribution is -0.120. The molecule has 2 aliphatic rings. The third kappa shape index (κ3) is 4.99. The van der Waals surface area contributed by atoms with Crippen molar-refractivity contribution in [3.8, 4) is 5.75 Å². The number of rotatable bonds is 6. The highest BCUT2D eigenvalue weighted by Gasteiger charge is 2.29. The van der Waals surface area contributed by atoms with Crippen LogP contribution in [0.15, 0.2) is 53.4 Å². The number of para-hydroxylation sites is 1. The number of nitrogens with zero attached hydrogens (tertiary/aromatic N) is 2. The van der Waals surface area contributed by atoms with Gasteiger partial charge in [-0.2, -0.15) is 0 Å². The van der Waals surface area contributed by atoms with Gasteiger partial charge in [0.15, 0.2) is 0 Å². The second kappa shape index (κ2) is 9.86. The van der Waals surface area contributed by atoms with Crippen LogP contribution in [-0.2, 0) is 11.3 Å². The maximum atomic E-state index is 13.4. The zero-order valence-corrected chi connectivity index (χ0v) is 18.3. The van der Waals surface area contributed by atoms with Crippen LogP contribution >= 0.6 is 11.8 Å². The van der Waals surface area contributed by atoms with Gasteiger partial charge in [0.2, 0.25) is 5.91 Å². The van der Waals surface area contributed by atoms with Gasteiger partial charge in [-0.05, 0) is 55.5 Å². The summed E-state index contributed by atoms with van der Waals surface area (Å²) >= 11 is 1.81. The minimum absolute atomic E-state index is 0.150. The standard InChI is InChI=1S/C24H30N2O3S/c1-29-21-6-4-5-18(15-21)16-25(19-9-11-20(27)12-10-19)17-24(28)26-13-14-30-23-8-3-2-7-22(23)26/h2-8,15,19-20,27H,9-14,16-17H2,1H3. The van der Waals surface area contributed by atoms with E-state index in [1.165, 1.54) is 4.90 Å². The SMILES string of the molecule is COc1cccc(CN(CC(=O)N2CCSc3ccccc32)C2CCC(O)CC2)c1. The molecule has 160 valence electrons. The summed E-state index contributed by atoms with van der Waals surface area (Å²) in [7, 11) is 1.68. The first-order chi connectivity index (χ1) is 14.6. The largest absolute Gasteiger partial charge is 0.497 e. The number of amides is 1. The summed E-state index contributed by atoms with van der Waals surface area (Å²) in [5.41, 5.74) is 2.17. The average molecular weight is 427 g/mol. The van der Waals surface area contributed by atoms with Crippen molar-refractivity contribution in [2.24, 2.45) is 0 Å². The second-order valence-electron chi connectivity index (χ2n) is 8.08. The fraction of sp³-hybridized carbons (Fsp3) is 0.458. The highest BCUT2D eigenvalue weighted by Crippen LogP contribution is 2.34. The second-order valence-corrected chi connectivity index (χ2v) is 9.22. The molecule has 1 aliphatic carbocycles. The Labute approximate surface area is 183 Å². The van der Waals surface area contributed by atoms with Crippen molar-refractivity contribution in [3.05, 3.63) is 54.1 Å². The first-order valence-electron chi connectivity index (χ1n) is 10.7. The first-order valence-corrected chi connectivity index (χ1v) is 11.7. The lowest BCUT2D eigenvalue weighted by Crippen LogP contribution is -2.47. The monoisotopic (exact) mass is 426 g/mol. The number of hydrogen-bond acceptors (Lipinski definition) is 5. The Bertz CT molecular complexity index is 867. The molecule has 30 heavy (non-hydrogen) atoms. The molecule has 0 aromatic heterocycles. The molecule has 0 spiro atoms. The molecule has 2 aromatic carbocycles. The fourth-order valence-electron chi connectivity index (χ4n) is 4.43. The number of anilines is 1. The Hall–Kier alpha value is -2.02. The predicted octanol–water partition coefficient (Wildman–Crippen LogP) is 3.94. The third-order valence-corrected chi connectivity index (χ3v) is 7.11. The van der Waals surface area contributed by atoms with Crippen LogP contribution in [0.25, 0.3) is 0 Å². The predicted molar refractivity (Wildman–Crippen MR) is 121 cm³/mol. The highest BCUT2D eigenvalue weighted by molar-refractivity contribution is 7.99. The summed E-state index contributed by atoms with van der Waals surface area (Å²) < 4.78 is 5.38. The molecule has 1 aliphatic heterocycles. The molecule has 1 N–H and O–H groups in total. The number of aliphatic hydroxyl groups is 1. The van der Waals surface area contributed by atoms with Crippen molar-refractivity contribution in [1.29, 1.82) is 0 Å². The lowest BCUT2D eigenvalue weighted by atomic mass is 9.91. The zero-order valence-electron chi connectivity index (χ0n) is 17.5. The van der Waals surface area contributed by atoms with E-state index in [0.29, 0.717) is 19.1 Å². The number of thioether (sulfide) groups is 1. The van der Waals surface area contributed by atoms with Gasteiger partial charge in [-0.15, -0.1) is 11.8 Å². The van der Waals surface area contributed by atoms with Crippen LogP contribution in [0.2, 0.25) is 0 Å². The van der Waals surface area contributed by atoms with E-state index in [2.05, 4.69) is 17.0 Å². The van der Waals surface area contributed by atoms with Crippen molar-refractivity contribution in [3.63, 3.8) is 0 Å². The summed E-state index contributed by atoms with van der Waals surface area (Å²) in [6.45, 7) is 1.84. The van der Waals surface area contributed by atoms with Crippen LogP contribution in [0.1, 0.15) is 31.2 Å². The summed E-state index contributed by atoms with van der Waals surface area (Å²) in [6, 6.07) is 16.5. The Morgan fingerprint density at radius 2 is 1.97 bits per heavy atom. The Morgan fingerprint density at radius 3 is 2.77 bits per heavy atom. The van der Waals surface area contributed by atoms with Crippen LogP contribution in [0.3, 0.4) is 0 Å². The van der Waals surface area contributed by atoms with Crippen LogP contribution in [-0.4, -0.2) is 54.0 Å². The number of hydrogen-bond donors (Lipinski definition) is 1. The van der Waals surface area contributed by atoms with Crippen LogP contribution < -0.4 is 9.64 Å². The van der Waals surface area contributed by atoms with E-state index in [0.717, 1.165) is 55.0 Å². The van der Waals surface area contributed by atoms with Gasteiger partial charge in [0.1, 0.15) is 5.75 Å². The Morgan fingerprint density at radius 1 is 1.17 bits per heavy atom. The number of carbonyl (C=O) groups excluding carboxylic acids is 1. The van der Waals surface area contributed by atoms with Crippen molar-refractivity contribution in [2.45, 2.75) is 49.3 Å². The number of aliphatic hydroxyl groups excluding tert-OH is 1. The van der Waals surface area contributed by atoms with E-state index in [-0.39, 0.29) is 12.0 Å².